The normalized spacial score (nSPS) is 12.3. The average molecular weight is 401 g/mol. The van der Waals surface area contributed by atoms with Gasteiger partial charge in [-0.25, -0.2) is 4.39 Å². The Kier molecular flexibility index (Phi) is 4.86. The monoisotopic (exact) mass is 399 g/mol. The zero-order valence-corrected chi connectivity index (χ0v) is 14.8. The van der Waals surface area contributed by atoms with Crippen molar-refractivity contribution in [3.05, 3.63) is 61.8 Å². The highest BCUT2D eigenvalue weighted by Crippen LogP contribution is 2.32. The highest BCUT2D eigenvalue weighted by Gasteiger charge is 2.14. The Labute approximate surface area is 135 Å². The molecular weight excluding hydrogens is 385 g/mol. The minimum absolute atomic E-state index is 0.110. The van der Waals surface area contributed by atoms with Gasteiger partial charge in [0.15, 0.2) is 0 Å². The van der Waals surface area contributed by atoms with Crippen molar-refractivity contribution in [2.24, 2.45) is 0 Å². The molecule has 1 nitrogen and oxygen atoms in total. The van der Waals surface area contributed by atoms with E-state index in [0.29, 0.717) is 5.56 Å². The van der Waals surface area contributed by atoms with Crippen LogP contribution < -0.4 is 5.32 Å². The number of halogens is 3. The van der Waals surface area contributed by atoms with Crippen LogP contribution in [0.2, 0.25) is 0 Å². The number of anilines is 1. The van der Waals surface area contributed by atoms with E-state index in [0.717, 1.165) is 20.2 Å². The average Bonchev–Trinajstić information content (AvgIpc) is 2.33. The van der Waals surface area contributed by atoms with Gasteiger partial charge in [-0.2, -0.15) is 0 Å². The molecule has 106 valence electrons. The molecule has 0 amide bonds. The topological polar surface area (TPSA) is 12.0 Å². The second-order valence-corrected chi connectivity index (χ2v) is 6.74. The maximum Gasteiger partial charge on any atom is 0.129 e. The standard InChI is InChI=1S/C16H16Br2FN/c1-9-6-10(2)16(14(18)7-9)20-11(3)13-5-4-12(17)8-15(13)19/h4-8,11,20H,1-3H3. The fourth-order valence-corrected chi connectivity index (χ4v) is 3.37. The Morgan fingerprint density at radius 1 is 1.10 bits per heavy atom. The summed E-state index contributed by atoms with van der Waals surface area (Å²) in [6.07, 6.45) is 0. The molecule has 20 heavy (non-hydrogen) atoms. The summed E-state index contributed by atoms with van der Waals surface area (Å²) in [7, 11) is 0. The van der Waals surface area contributed by atoms with Gasteiger partial charge in [0.05, 0.1) is 11.7 Å². The Morgan fingerprint density at radius 2 is 1.80 bits per heavy atom. The lowest BCUT2D eigenvalue weighted by Gasteiger charge is -2.20. The summed E-state index contributed by atoms with van der Waals surface area (Å²) in [5.74, 6) is -0.208. The number of nitrogens with one attached hydrogen (secondary N) is 1. The van der Waals surface area contributed by atoms with Crippen LogP contribution in [0.4, 0.5) is 10.1 Å². The number of hydrogen-bond acceptors (Lipinski definition) is 1. The molecule has 0 aliphatic carbocycles. The summed E-state index contributed by atoms with van der Waals surface area (Å²) in [6, 6.07) is 9.20. The van der Waals surface area contributed by atoms with Gasteiger partial charge in [-0.1, -0.05) is 28.1 Å². The first-order valence-electron chi connectivity index (χ1n) is 6.36. The first-order valence-corrected chi connectivity index (χ1v) is 7.95. The number of hydrogen-bond donors (Lipinski definition) is 1. The van der Waals surface area contributed by atoms with Gasteiger partial charge in [-0.15, -0.1) is 0 Å². The van der Waals surface area contributed by atoms with E-state index in [2.05, 4.69) is 56.2 Å². The third-order valence-electron chi connectivity index (χ3n) is 3.22. The largest absolute Gasteiger partial charge is 0.377 e. The van der Waals surface area contributed by atoms with Crippen LogP contribution in [0, 0.1) is 19.7 Å². The Hall–Kier alpha value is -0.870. The highest BCUT2D eigenvalue weighted by molar-refractivity contribution is 9.10. The molecule has 2 aromatic carbocycles. The van der Waals surface area contributed by atoms with E-state index in [1.807, 2.05) is 19.9 Å². The minimum atomic E-state index is -0.208. The van der Waals surface area contributed by atoms with Crippen LogP contribution in [0.3, 0.4) is 0 Å². The van der Waals surface area contributed by atoms with E-state index in [9.17, 15) is 4.39 Å². The first-order chi connectivity index (χ1) is 9.38. The van der Waals surface area contributed by atoms with Crippen molar-refractivity contribution in [1.82, 2.24) is 0 Å². The molecule has 0 saturated heterocycles. The maximum absolute atomic E-state index is 14.0. The molecule has 0 bridgehead atoms. The van der Waals surface area contributed by atoms with Crippen LogP contribution in [0.5, 0.6) is 0 Å². The lowest BCUT2D eigenvalue weighted by molar-refractivity contribution is 0.599. The zero-order chi connectivity index (χ0) is 14.9. The summed E-state index contributed by atoms with van der Waals surface area (Å²) >= 11 is 6.84. The van der Waals surface area contributed by atoms with Crippen LogP contribution in [-0.4, -0.2) is 0 Å². The quantitative estimate of drug-likeness (QED) is 0.652. The van der Waals surface area contributed by atoms with Gasteiger partial charge in [0.1, 0.15) is 5.82 Å². The van der Waals surface area contributed by atoms with Gasteiger partial charge >= 0.3 is 0 Å². The molecule has 0 heterocycles. The third-order valence-corrected chi connectivity index (χ3v) is 4.34. The van der Waals surface area contributed by atoms with Crippen LogP contribution in [0.15, 0.2) is 39.3 Å². The van der Waals surface area contributed by atoms with Crippen LogP contribution in [0.25, 0.3) is 0 Å². The molecule has 0 aromatic heterocycles. The van der Waals surface area contributed by atoms with Gasteiger partial charge in [-0.05, 0) is 66.0 Å². The van der Waals surface area contributed by atoms with Crippen LogP contribution in [0.1, 0.15) is 29.7 Å². The van der Waals surface area contributed by atoms with E-state index in [4.69, 9.17) is 0 Å². The molecule has 1 N–H and O–H groups in total. The maximum atomic E-state index is 14.0. The Balaban J connectivity index is 2.30. The smallest absolute Gasteiger partial charge is 0.129 e. The fourth-order valence-electron chi connectivity index (χ4n) is 2.25. The summed E-state index contributed by atoms with van der Waals surface area (Å²) in [6.45, 7) is 6.06. The predicted molar refractivity (Wildman–Crippen MR) is 89.8 cm³/mol. The van der Waals surface area contributed by atoms with Gasteiger partial charge in [0, 0.05) is 14.5 Å². The summed E-state index contributed by atoms with van der Waals surface area (Å²) in [5, 5.41) is 3.38. The molecule has 2 aromatic rings. The SMILES string of the molecule is Cc1cc(C)c(NC(C)c2ccc(Br)cc2F)c(Br)c1. The highest BCUT2D eigenvalue weighted by atomic mass is 79.9. The molecule has 0 saturated carbocycles. The second kappa shape index (κ2) is 6.27. The van der Waals surface area contributed by atoms with Crippen LogP contribution >= 0.6 is 31.9 Å². The van der Waals surface area contributed by atoms with Gasteiger partial charge in [0.2, 0.25) is 0 Å². The molecule has 0 aliphatic heterocycles. The minimum Gasteiger partial charge on any atom is -0.377 e. The lowest BCUT2D eigenvalue weighted by atomic mass is 10.1. The predicted octanol–water partition coefficient (Wildman–Crippen LogP) is 6.14. The van der Waals surface area contributed by atoms with Gasteiger partial charge < -0.3 is 5.32 Å². The van der Waals surface area contributed by atoms with E-state index >= 15 is 0 Å². The molecule has 0 radical (unpaired) electrons. The lowest BCUT2D eigenvalue weighted by Crippen LogP contribution is -2.10. The van der Waals surface area contributed by atoms with Crippen molar-refractivity contribution >= 4 is 37.5 Å². The second-order valence-electron chi connectivity index (χ2n) is 4.97. The molecule has 1 unspecified atom stereocenters. The van der Waals surface area contributed by atoms with Crippen LogP contribution in [-0.2, 0) is 0 Å². The molecule has 0 fully saturated rings. The number of aryl methyl sites for hydroxylation is 2. The van der Waals surface area contributed by atoms with E-state index in [1.54, 1.807) is 6.07 Å². The molecule has 0 aliphatic rings. The molecule has 0 spiro atoms. The Bertz CT molecular complexity index is 617. The summed E-state index contributed by atoms with van der Waals surface area (Å²) in [4.78, 5) is 0. The van der Waals surface area contributed by atoms with E-state index < -0.39 is 0 Å². The fraction of sp³-hybridized carbons (Fsp3) is 0.250. The van der Waals surface area contributed by atoms with Gasteiger partial charge in [-0.3, -0.25) is 0 Å². The van der Waals surface area contributed by atoms with Crippen molar-refractivity contribution in [3.63, 3.8) is 0 Å². The van der Waals surface area contributed by atoms with E-state index in [-0.39, 0.29) is 11.9 Å². The van der Waals surface area contributed by atoms with Crippen molar-refractivity contribution in [2.45, 2.75) is 26.8 Å². The Morgan fingerprint density at radius 3 is 2.40 bits per heavy atom. The van der Waals surface area contributed by atoms with Crippen molar-refractivity contribution in [3.8, 4) is 0 Å². The summed E-state index contributed by atoms with van der Waals surface area (Å²) in [5.41, 5.74) is 3.99. The van der Waals surface area contributed by atoms with E-state index in [1.165, 1.54) is 11.6 Å². The molecule has 1 atom stereocenters. The summed E-state index contributed by atoms with van der Waals surface area (Å²) < 4.78 is 15.7. The molecule has 4 heteroatoms. The van der Waals surface area contributed by atoms with Gasteiger partial charge in [0.25, 0.3) is 0 Å². The first kappa shape index (κ1) is 15.5. The van der Waals surface area contributed by atoms with Crippen molar-refractivity contribution in [1.29, 1.82) is 0 Å². The molecule has 2 rings (SSSR count). The number of rotatable bonds is 3. The molecular formula is C16H16Br2FN. The zero-order valence-electron chi connectivity index (χ0n) is 11.6. The number of benzene rings is 2. The third kappa shape index (κ3) is 3.41. The van der Waals surface area contributed by atoms with Crippen molar-refractivity contribution in [2.75, 3.05) is 5.32 Å². The van der Waals surface area contributed by atoms with Crippen molar-refractivity contribution < 1.29 is 4.39 Å².